The molecule has 2 aromatic carbocycles. The van der Waals surface area contributed by atoms with Gasteiger partial charge in [-0.3, -0.25) is 9.59 Å². The molecule has 0 aliphatic carbocycles. The maximum absolute atomic E-state index is 13.4. The van der Waals surface area contributed by atoms with E-state index in [0.29, 0.717) is 13.0 Å². The third kappa shape index (κ3) is 6.61. The Kier molecular flexibility index (Phi) is 8.46. The van der Waals surface area contributed by atoms with Gasteiger partial charge in [-0.05, 0) is 57.4 Å². The van der Waals surface area contributed by atoms with Crippen molar-refractivity contribution >= 4 is 11.8 Å². The molecule has 0 unspecified atom stereocenters. The van der Waals surface area contributed by atoms with Crippen LogP contribution in [0.15, 0.2) is 42.5 Å². The average molecular weight is 411 g/mol. The molecule has 2 rings (SSSR count). The van der Waals surface area contributed by atoms with Crippen LogP contribution in [0.4, 0.5) is 0 Å². The van der Waals surface area contributed by atoms with E-state index in [-0.39, 0.29) is 24.3 Å². The Bertz CT molecular complexity index is 856. The summed E-state index contributed by atoms with van der Waals surface area (Å²) in [5, 5.41) is 2.96. The van der Waals surface area contributed by atoms with Gasteiger partial charge in [-0.1, -0.05) is 48.4 Å². The van der Waals surface area contributed by atoms with Gasteiger partial charge < -0.3 is 15.0 Å². The molecule has 5 heteroatoms. The van der Waals surface area contributed by atoms with Crippen LogP contribution in [0.3, 0.4) is 0 Å². The summed E-state index contributed by atoms with van der Waals surface area (Å²) in [6, 6.07) is 13.3. The van der Waals surface area contributed by atoms with Gasteiger partial charge in [0.05, 0.1) is 13.5 Å². The van der Waals surface area contributed by atoms with Crippen LogP contribution in [0.25, 0.3) is 0 Å². The monoisotopic (exact) mass is 410 g/mol. The number of carbonyl (C=O) groups is 2. The van der Waals surface area contributed by atoms with Gasteiger partial charge in [0, 0.05) is 12.6 Å². The van der Waals surface area contributed by atoms with Gasteiger partial charge >= 0.3 is 0 Å². The number of methoxy groups -OCH3 is 1. The van der Waals surface area contributed by atoms with E-state index in [9.17, 15) is 9.59 Å². The molecule has 0 saturated carbocycles. The minimum atomic E-state index is -0.531. The number of hydrogen-bond donors (Lipinski definition) is 1. The fourth-order valence-corrected chi connectivity index (χ4v) is 3.71. The van der Waals surface area contributed by atoms with Crippen molar-refractivity contribution in [3.8, 4) is 5.75 Å². The van der Waals surface area contributed by atoms with Crippen molar-refractivity contribution in [2.45, 2.75) is 66.1 Å². The molecule has 30 heavy (non-hydrogen) atoms. The van der Waals surface area contributed by atoms with Gasteiger partial charge in [0.1, 0.15) is 11.8 Å². The molecule has 0 radical (unpaired) electrons. The molecular weight excluding hydrogens is 376 g/mol. The standard InChI is InChI=1S/C25H34N2O3/c1-7-23(25(29)26-17(2)3)27(16-20-9-8-10-22(14-20)30-6)24(28)15-21-12-18(4)11-19(5)13-21/h8-14,17,23H,7,15-16H2,1-6H3,(H,26,29)/t23-/m0/s1. The first kappa shape index (κ1) is 23.5. The number of rotatable bonds is 9. The number of hydrogen-bond acceptors (Lipinski definition) is 3. The highest BCUT2D eigenvalue weighted by Crippen LogP contribution is 2.19. The van der Waals surface area contributed by atoms with Crippen molar-refractivity contribution in [1.29, 1.82) is 0 Å². The summed E-state index contributed by atoms with van der Waals surface area (Å²) in [5.41, 5.74) is 4.15. The number of amides is 2. The second-order valence-electron chi connectivity index (χ2n) is 8.13. The fourth-order valence-electron chi connectivity index (χ4n) is 3.71. The van der Waals surface area contributed by atoms with Gasteiger partial charge in [0.2, 0.25) is 11.8 Å². The van der Waals surface area contributed by atoms with Gasteiger partial charge in [0.25, 0.3) is 0 Å². The molecule has 0 bridgehead atoms. The highest BCUT2D eigenvalue weighted by Gasteiger charge is 2.29. The van der Waals surface area contributed by atoms with Gasteiger partial charge in [-0.2, -0.15) is 0 Å². The van der Waals surface area contributed by atoms with E-state index in [1.165, 1.54) is 0 Å². The SMILES string of the molecule is CC[C@@H](C(=O)NC(C)C)N(Cc1cccc(OC)c1)C(=O)Cc1cc(C)cc(C)c1. The maximum atomic E-state index is 13.4. The quantitative estimate of drug-likeness (QED) is 0.674. The molecule has 162 valence electrons. The molecule has 0 spiro atoms. The largest absolute Gasteiger partial charge is 0.497 e. The van der Waals surface area contributed by atoms with Crippen molar-refractivity contribution in [3.63, 3.8) is 0 Å². The van der Waals surface area contributed by atoms with E-state index < -0.39 is 6.04 Å². The fraction of sp³-hybridized carbons (Fsp3) is 0.440. The molecule has 1 N–H and O–H groups in total. The molecule has 2 aromatic rings. The topological polar surface area (TPSA) is 58.6 Å². The zero-order chi connectivity index (χ0) is 22.3. The number of nitrogens with zero attached hydrogens (tertiary/aromatic N) is 1. The summed E-state index contributed by atoms with van der Waals surface area (Å²) in [4.78, 5) is 28.0. The van der Waals surface area contributed by atoms with E-state index in [1.54, 1.807) is 12.0 Å². The lowest BCUT2D eigenvalue weighted by molar-refractivity contribution is -0.141. The Morgan fingerprint density at radius 1 is 1.03 bits per heavy atom. The van der Waals surface area contributed by atoms with Crippen molar-refractivity contribution in [2.75, 3.05) is 7.11 Å². The predicted molar refractivity (Wildman–Crippen MR) is 121 cm³/mol. The molecule has 5 nitrogen and oxygen atoms in total. The zero-order valence-corrected chi connectivity index (χ0v) is 19.0. The minimum Gasteiger partial charge on any atom is -0.497 e. The number of nitrogens with one attached hydrogen (secondary N) is 1. The summed E-state index contributed by atoms with van der Waals surface area (Å²) in [6.45, 7) is 10.2. The molecule has 0 heterocycles. The Balaban J connectivity index is 2.34. The first-order chi connectivity index (χ1) is 14.2. The summed E-state index contributed by atoms with van der Waals surface area (Å²) in [6.07, 6.45) is 0.805. The van der Waals surface area contributed by atoms with Crippen molar-refractivity contribution < 1.29 is 14.3 Å². The summed E-state index contributed by atoms with van der Waals surface area (Å²) in [7, 11) is 1.62. The smallest absolute Gasteiger partial charge is 0.243 e. The Morgan fingerprint density at radius 2 is 1.70 bits per heavy atom. The lowest BCUT2D eigenvalue weighted by Gasteiger charge is -2.31. The third-order valence-corrected chi connectivity index (χ3v) is 4.94. The first-order valence-corrected chi connectivity index (χ1v) is 10.5. The lowest BCUT2D eigenvalue weighted by atomic mass is 10.0. The van der Waals surface area contributed by atoms with E-state index in [0.717, 1.165) is 28.0 Å². The van der Waals surface area contributed by atoms with Crippen molar-refractivity contribution in [2.24, 2.45) is 0 Å². The summed E-state index contributed by atoms with van der Waals surface area (Å²) < 4.78 is 5.32. The van der Waals surface area contributed by atoms with E-state index >= 15 is 0 Å². The number of benzene rings is 2. The molecule has 0 fully saturated rings. The van der Waals surface area contributed by atoms with Crippen LogP contribution in [0.5, 0.6) is 5.75 Å². The highest BCUT2D eigenvalue weighted by atomic mass is 16.5. The second-order valence-corrected chi connectivity index (χ2v) is 8.13. The molecule has 2 amide bonds. The number of aryl methyl sites for hydroxylation is 2. The number of carbonyl (C=O) groups excluding carboxylic acids is 2. The molecule has 0 aromatic heterocycles. The van der Waals surface area contributed by atoms with Crippen LogP contribution in [0.2, 0.25) is 0 Å². The molecular formula is C25H34N2O3. The van der Waals surface area contributed by atoms with Gasteiger partial charge in [0.15, 0.2) is 0 Å². The summed E-state index contributed by atoms with van der Waals surface area (Å²) in [5.74, 6) is 0.548. The van der Waals surface area contributed by atoms with Crippen LogP contribution < -0.4 is 10.1 Å². The summed E-state index contributed by atoms with van der Waals surface area (Å²) >= 11 is 0. The molecule has 1 atom stereocenters. The van der Waals surface area contributed by atoms with Crippen LogP contribution in [-0.2, 0) is 22.6 Å². The van der Waals surface area contributed by atoms with Gasteiger partial charge in [-0.15, -0.1) is 0 Å². The maximum Gasteiger partial charge on any atom is 0.243 e. The Hall–Kier alpha value is -2.82. The average Bonchev–Trinajstić information content (AvgIpc) is 2.66. The molecule has 0 aliphatic rings. The zero-order valence-electron chi connectivity index (χ0n) is 19.0. The van der Waals surface area contributed by atoms with E-state index in [1.807, 2.05) is 71.0 Å². The predicted octanol–water partition coefficient (Wildman–Crippen LogP) is 4.19. The Morgan fingerprint density at radius 3 is 2.27 bits per heavy atom. The van der Waals surface area contributed by atoms with Crippen LogP contribution >= 0.6 is 0 Å². The van der Waals surface area contributed by atoms with Crippen LogP contribution in [0, 0.1) is 13.8 Å². The van der Waals surface area contributed by atoms with Crippen LogP contribution in [0.1, 0.15) is 49.4 Å². The third-order valence-electron chi connectivity index (χ3n) is 4.94. The van der Waals surface area contributed by atoms with Crippen molar-refractivity contribution in [1.82, 2.24) is 10.2 Å². The van der Waals surface area contributed by atoms with Gasteiger partial charge in [-0.25, -0.2) is 0 Å². The number of ether oxygens (including phenoxy) is 1. The normalized spacial score (nSPS) is 11.8. The molecule has 0 aliphatic heterocycles. The first-order valence-electron chi connectivity index (χ1n) is 10.5. The molecule has 0 saturated heterocycles. The van der Waals surface area contributed by atoms with E-state index in [4.69, 9.17) is 4.74 Å². The highest BCUT2D eigenvalue weighted by molar-refractivity contribution is 5.88. The minimum absolute atomic E-state index is 0.0137. The second kappa shape index (κ2) is 10.8. The lowest BCUT2D eigenvalue weighted by Crippen LogP contribution is -2.50. The van der Waals surface area contributed by atoms with Crippen molar-refractivity contribution in [3.05, 3.63) is 64.7 Å². The Labute approximate surface area is 180 Å². The van der Waals surface area contributed by atoms with Crippen LogP contribution in [-0.4, -0.2) is 35.9 Å². The van der Waals surface area contributed by atoms with E-state index in [2.05, 4.69) is 11.4 Å².